The minimum atomic E-state index is -0.270. The first kappa shape index (κ1) is 18.7. The lowest BCUT2D eigenvalue weighted by molar-refractivity contribution is -0.688. The predicted molar refractivity (Wildman–Crippen MR) is 92.8 cm³/mol. The van der Waals surface area contributed by atoms with E-state index in [1.165, 1.54) is 11.0 Å². The first-order valence-electron chi connectivity index (χ1n) is 8.30. The third kappa shape index (κ3) is 3.59. The van der Waals surface area contributed by atoms with Gasteiger partial charge in [0.05, 0.1) is 23.2 Å². The molecule has 2 aromatic carbocycles. The second-order valence-corrected chi connectivity index (χ2v) is 6.21. The SMILES string of the molecule is O=C1c2ccccc2C(=O)N1Cc1cc[n+](Cc2ccccc2F)cc1.[Cl-]. The molecule has 0 unspecified atom stereocenters. The van der Waals surface area contributed by atoms with Crippen LogP contribution in [0, 0.1) is 5.82 Å². The Morgan fingerprint density at radius 1 is 0.815 bits per heavy atom. The molecule has 3 aromatic rings. The van der Waals surface area contributed by atoms with Crippen LogP contribution in [0.2, 0.25) is 0 Å². The van der Waals surface area contributed by atoms with E-state index in [9.17, 15) is 14.0 Å². The van der Waals surface area contributed by atoms with Crippen molar-refractivity contribution < 1.29 is 31.0 Å². The molecule has 1 aliphatic heterocycles. The number of aromatic nitrogens is 1. The Hall–Kier alpha value is -3.05. The summed E-state index contributed by atoms with van der Waals surface area (Å²) >= 11 is 0. The first-order valence-corrected chi connectivity index (χ1v) is 8.30. The number of carbonyl (C=O) groups is 2. The number of rotatable bonds is 4. The van der Waals surface area contributed by atoms with Crippen LogP contribution in [0.5, 0.6) is 0 Å². The van der Waals surface area contributed by atoms with E-state index in [1.807, 2.05) is 29.1 Å². The van der Waals surface area contributed by atoms with E-state index in [4.69, 9.17) is 0 Å². The Morgan fingerprint density at radius 3 is 1.96 bits per heavy atom. The highest BCUT2D eigenvalue weighted by Crippen LogP contribution is 2.23. The molecule has 136 valence electrons. The molecule has 27 heavy (non-hydrogen) atoms. The summed E-state index contributed by atoms with van der Waals surface area (Å²) in [6, 6.07) is 17.2. The third-order valence-electron chi connectivity index (χ3n) is 4.49. The minimum Gasteiger partial charge on any atom is -1.00 e. The quantitative estimate of drug-likeness (QED) is 0.469. The van der Waals surface area contributed by atoms with Gasteiger partial charge in [-0.2, -0.15) is 0 Å². The normalized spacial score (nSPS) is 12.7. The average molecular weight is 383 g/mol. The molecule has 0 bridgehead atoms. The van der Waals surface area contributed by atoms with Crippen molar-refractivity contribution in [1.29, 1.82) is 0 Å². The summed E-state index contributed by atoms with van der Waals surface area (Å²) in [6.45, 7) is 0.632. The summed E-state index contributed by atoms with van der Waals surface area (Å²) in [5, 5.41) is 0. The Bertz CT molecular complexity index is 970. The Labute approximate surface area is 162 Å². The van der Waals surface area contributed by atoms with E-state index < -0.39 is 0 Å². The fourth-order valence-electron chi connectivity index (χ4n) is 3.09. The van der Waals surface area contributed by atoms with Gasteiger partial charge in [-0.1, -0.05) is 24.3 Å². The van der Waals surface area contributed by atoms with Crippen LogP contribution in [0.1, 0.15) is 31.8 Å². The van der Waals surface area contributed by atoms with Gasteiger partial charge in [0, 0.05) is 12.1 Å². The topological polar surface area (TPSA) is 41.3 Å². The molecule has 2 heterocycles. The summed E-state index contributed by atoms with van der Waals surface area (Å²) < 4.78 is 15.6. The summed E-state index contributed by atoms with van der Waals surface area (Å²) in [7, 11) is 0. The fraction of sp³-hybridized carbons (Fsp3) is 0.0952. The molecule has 0 saturated heterocycles. The highest BCUT2D eigenvalue weighted by molar-refractivity contribution is 6.21. The molecule has 0 aliphatic carbocycles. The molecule has 0 spiro atoms. The minimum absolute atomic E-state index is 0. The molecule has 0 N–H and O–H groups in total. The Kier molecular flexibility index (Phi) is 5.33. The van der Waals surface area contributed by atoms with Crippen LogP contribution in [-0.4, -0.2) is 16.7 Å². The molecule has 0 radical (unpaired) electrons. The zero-order valence-electron chi connectivity index (χ0n) is 14.3. The molecule has 2 amide bonds. The van der Waals surface area contributed by atoms with E-state index >= 15 is 0 Å². The number of hydrogen-bond donors (Lipinski definition) is 0. The lowest BCUT2D eigenvalue weighted by Gasteiger charge is -2.13. The number of benzene rings is 2. The van der Waals surface area contributed by atoms with Gasteiger partial charge < -0.3 is 12.4 Å². The van der Waals surface area contributed by atoms with Crippen LogP contribution >= 0.6 is 0 Å². The third-order valence-corrected chi connectivity index (χ3v) is 4.49. The lowest BCUT2D eigenvalue weighted by atomic mass is 10.1. The van der Waals surface area contributed by atoms with Crippen molar-refractivity contribution in [1.82, 2.24) is 4.90 Å². The van der Waals surface area contributed by atoms with Gasteiger partial charge in [-0.3, -0.25) is 14.5 Å². The smallest absolute Gasteiger partial charge is 0.261 e. The number of halogens is 2. The van der Waals surface area contributed by atoms with Crippen LogP contribution in [0.3, 0.4) is 0 Å². The van der Waals surface area contributed by atoms with Crippen molar-refractivity contribution >= 4 is 11.8 Å². The maximum atomic E-state index is 13.7. The van der Waals surface area contributed by atoms with Crippen molar-refractivity contribution in [2.24, 2.45) is 0 Å². The molecule has 0 fully saturated rings. The Balaban J connectivity index is 0.00000210. The number of pyridine rings is 1. The number of carbonyl (C=O) groups excluding carboxylic acids is 2. The Morgan fingerprint density at radius 2 is 1.37 bits per heavy atom. The van der Waals surface area contributed by atoms with Crippen molar-refractivity contribution in [3.8, 4) is 0 Å². The van der Waals surface area contributed by atoms with Gasteiger partial charge in [0.2, 0.25) is 0 Å². The predicted octanol–water partition coefficient (Wildman–Crippen LogP) is -0.0383. The van der Waals surface area contributed by atoms with Crippen LogP contribution < -0.4 is 17.0 Å². The molecule has 0 atom stereocenters. The summed E-state index contributed by atoms with van der Waals surface area (Å²) in [5.74, 6) is -0.780. The van der Waals surface area contributed by atoms with Crippen LogP contribution in [-0.2, 0) is 13.1 Å². The maximum absolute atomic E-state index is 13.7. The van der Waals surface area contributed by atoms with E-state index in [2.05, 4.69) is 0 Å². The number of nitrogens with zero attached hydrogens (tertiary/aromatic N) is 2. The molecular formula is C21H16ClFN2O2. The monoisotopic (exact) mass is 382 g/mol. The van der Waals surface area contributed by atoms with Crippen LogP contribution in [0.4, 0.5) is 4.39 Å². The van der Waals surface area contributed by atoms with Gasteiger partial charge in [0.1, 0.15) is 5.82 Å². The van der Waals surface area contributed by atoms with Gasteiger partial charge in [0.15, 0.2) is 18.9 Å². The zero-order valence-corrected chi connectivity index (χ0v) is 15.1. The number of fused-ring (bicyclic) bond motifs is 1. The molecule has 1 aliphatic rings. The number of amides is 2. The van der Waals surface area contributed by atoms with Gasteiger partial charge in [-0.05, 0) is 29.8 Å². The second kappa shape index (κ2) is 7.68. The molecule has 1 aromatic heterocycles. The standard InChI is InChI=1S/C21H16FN2O2.ClH/c22-19-8-4-1-5-16(19)14-23-11-9-15(10-12-23)13-24-20(25)17-6-2-3-7-18(17)21(24)26;/h1-12H,13-14H2;1H/q+1;/p-1. The average Bonchev–Trinajstić information content (AvgIpc) is 2.90. The molecule has 0 saturated carbocycles. The highest BCUT2D eigenvalue weighted by atomic mass is 35.5. The highest BCUT2D eigenvalue weighted by Gasteiger charge is 2.34. The van der Waals surface area contributed by atoms with Crippen molar-refractivity contribution in [2.45, 2.75) is 13.1 Å². The first-order chi connectivity index (χ1) is 12.6. The largest absolute Gasteiger partial charge is 1.00 e. The fourth-order valence-corrected chi connectivity index (χ4v) is 3.09. The van der Waals surface area contributed by atoms with E-state index in [1.54, 1.807) is 42.5 Å². The lowest BCUT2D eigenvalue weighted by Crippen LogP contribution is -3.00. The molecule has 4 rings (SSSR count). The summed E-state index contributed by atoms with van der Waals surface area (Å²) in [4.78, 5) is 26.1. The van der Waals surface area contributed by atoms with Gasteiger partial charge in [-0.25, -0.2) is 8.96 Å². The number of hydrogen-bond acceptors (Lipinski definition) is 2. The summed E-state index contributed by atoms with van der Waals surface area (Å²) in [6.07, 6.45) is 3.64. The van der Waals surface area contributed by atoms with Gasteiger partial charge in [-0.15, -0.1) is 0 Å². The van der Waals surface area contributed by atoms with Crippen molar-refractivity contribution in [3.05, 3.63) is 101 Å². The second-order valence-electron chi connectivity index (χ2n) is 6.21. The van der Waals surface area contributed by atoms with E-state index in [-0.39, 0.29) is 36.6 Å². The van der Waals surface area contributed by atoms with Gasteiger partial charge >= 0.3 is 0 Å². The zero-order chi connectivity index (χ0) is 18.1. The molecule has 4 nitrogen and oxygen atoms in total. The van der Waals surface area contributed by atoms with Crippen LogP contribution in [0.15, 0.2) is 73.1 Å². The molecule has 6 heteroatoms. The van der Waals surface area contributed by atoms with Gasteiger partial charge in [0.25, 0.3) is 11.8 Å². The maximum Gasteiger partial charge on any atom is 0.261 e. The van der Waals surface area contributed by atoms with Crippen molar-refractivity contribution in [3.63, 3.8) is 0 Å². The van der Waals surface area contributed by atoms with E-state index in [0.717, 1.165) is 5.56 Å². The van der Waals surface area contributed by atoms with Crippen LogP contribution in [0.25, 0.3) is 0 Å². The summed E-state index contributed by atoms with van der Waals surface area (Å²) in [5.41, 5.74) is 2.33. The van der Waals surface area contributed by atoms with E-state index in [0.29, 0.717) is 23.2 Å². The molecular weight excluding hydrogens is 367 g/mol. The number of imide groups is 1. The van der Waals surface area contributed by atoms with Crippen molar-refractivity contribution in [2.75, 3.05) is 0 Å².